The van der Waals surface area contributed by atoms with E-state index in [9.17, 15) is 9.59 Å². The Hall–Kier alpha value is -1.12. The average Bonchev–Trinajstić information content (AvgIpc) is 3.02. The molecule has 0 N–H and O–H groups in total. The van der Waals surface area contributed by atoms with Gasteiger partial charge in [0.15, 0.2) is 5.78 Å². The summed E-state index contributed by atoms with van der Waals surface area (Å²) < 4.78 is 6.09. The molecule has 1 unspecified atom stereocenters. The molecule has 3 saturated carbocycles. The first-order valence-corrected chi connectivity index (χ1v) is 12.3. The molecule has 3 fully saturated rings. The van der Waals surface area contributed by atoms with E-state index in [1.165, 1.54) is 44.1 Å². The number of unbranched alkanes of at least 4 members (excludes halogenated alkanes) is 3. The molecule has 0 aromatic rings. The quantitative estimate of drug-likeness (QED) is 0.383. The molecule has 0 aromatic heterocycles. The number of rotatable bonds is 6. The third kappa shape index (κ3) is 3.72. The van der Waals surface area contributed by atoms with Gasteiger partial charge in [-0.15, -0.1) is 0 Å². The van der Waals surface area contributed by atoms with Crippen molar-refractivity contribution in [3.05, 3.63) is 11.6 Å². The molecule has 0 bridgehead atoms. The second kappa shape index (κ2) is 8.19. The molecular formula is C26H40O3. The van der Waals surface area contributed by atoms with E-state index >= 15 is 0 Å². The molecule has 4 rings (SSSR count). The van der Waals surface area contributed by atoms with Crippen molar-refractivity contribution in [1.82, 2.24) is 0 Å². The number of hydrogen-bond donors (Lipinski definition) is 0. The van der Waals surface area contributed by atoms with Gasteiger partial charge in [0.05, 0.1) is 0 Å². The molecular weight excluding hydrogens is 360 g/mol. The fraction of sp³-hybridized carbons (Fsp3) is 0.846. The minimum Gasteiger partial charge on any atom is -0.462 e. The summed E-state index contributed by atoms with van der Waals surface area (Å²) in [4.78, 5) is 24.5. The highest BCUT2D eigenvalue weighted by atomic mass is 16.5. The Morgan fingerprint density at radius 3 is 2.66 bits per heavy atom. The molecule has 0 spiro atoms. The number of esters is 1. The van der Waals surface area contributed by atoms with E-state index in [0.717, 1.165) is 44.4 Å². The SMILES string of the molecule is CCCCCCC(=O)OC1CC[C@H]2[C@@H]3CCC4=CC(=O)CC[C@]4(C)[C@H]3CC[C@]12C. The van der Waals surface area contributed by atoms with Crippen LogP contribution in [0.3, 0.4) is 0 Å². The maximum atomic E-state index is 12.5. The van der Waals surface area contributed by atoms with E-state index in [1.807, 2.05) is 6.08 Å². The summed E-state index contributed by atoms with van der Waals surface area (Å²) in [5, 5.41) is 0. The first-order chi connectivity index (χ1) is 13.9. The number of ether oxygens (including phenoxy) is 1. The van der Waals surface area contributed by atoms with E-state index < -0.39 is 0 Å². The van der Waals surface area contributed by atoms with Crippen LogP contribution < -0.4 is 0 Å². The lowest BCUT2D eigenvalue weighted by atomic mass is 9.47. The maximum absolute atomic E-state index is 12.5. The van der Waals surface area contributed by atoms with Crippen LogP contribution in [0.5, 0.6) is 0 Å². The van der Waals surface area contributed by atoms with Crippen LogP contribution in [0.15, 0.2) is 11.6 Å². The lowest BCUT2D eigenvalue weighted by Crippen LogP contribution is -2.51. The van der Waals surface area contributed by atoms with Gasteiger partial charge >= 0.3 is 5.97 Å². The number of fused-ring (bicyclic) bond motifs is 5. The third-order valence-corrected chi connectivity index (χ3v) is 9.38. The van der Waals surface area contributed by atoms with Crippen LogP contribution in [0.1, 0.15) is 104 Å². The van der Waals surface area contributed by atoms with Gasteiger partial charge < -0.3 is 4.74 Å². The Bertz CT molecular complexity index is 679. The Balaban J connectivity index is 1.43. The third-order valence-electron chi connectivity index (χ3n) is 9.38. The molecule has 29 heavy (non-hydrogen) atoms. The Kier molecular flexibility index (Phi) is 5.97. The van der Waals surface area contributed by atoms with Crippen LogP contribution in [-0.4, -0.2) is 17.9 Å². The first kappa shape index (κ1) is 21.1. The van der Waals surface area contributed by atoms with Crippen molar-refractivity contribution < 1.29 is 14.3 Å². The lowest BCUT2D eigenvalue weighted by molar-refractivity contribution is -0.160. The zero-order valence-corrected chi connectivity index (χ0v) is 18.8. The second-order valence-corrected chi connectivity index (χ2v) is 10.9. The van der Waals surface area contributed by atoms with Crippen molar-refractivity contribution in [2.24, 2.45) is 28.6 Å². The normalized spacial score (nSPS) is 41.2. The van der Waals surface area contributed by atoms with Crippen LogP contribution in [0.25, 0.3) is 0 Å². The molecule has 6 atom stereocenters. The summed E-state index contributed by atoms with van der Waals surface area (Å²) >= 11 is 0. The van der Waals surface area contributed by atoms with Gasteiger partial charge in [0, 0.05) is 18.3 Å². The molecule has 0 radical (unpaired) electrons. The van der Waals surface area contributed by atoms with Gasteiger partial charge in [-0.1, -0.05) is 45.6 Å². The van der Waals surface area contributed by atoms with Gasteiger partial charge in [-0.05, 0) is 80.6 Å². The minimum atomic E-state index is 0.0294. The molecule has 0 amide bonds. The molecule has 0 aromatic carbocycles. The standard InChI is InChI=1S/C26H40O3/c1-4-5-6-7-8-24(28)29-23-12-11-21-20-10-9-18-17-19(27)13-15-25(18,2)22(20)14-16-26(21,23)3/h17,20-23H,4-16H2,1-3H3/t20-,21-,22-,23?,25-,26-/m0/s1. The first-order valence-electron chi connectivity index (χ1n) is 12.3. The summed E-state index contributed by atoms with van der Waals surface area (Å²) in [5.41, 5.74) is 1.82. The summed E-state index contributed by atoms with van der Waals surface area (Å²) in [6.45, 7) is 7.05. The van der Waals surface area contributed by atoms with Gasteiger partial charge in [-0.3, -0.25) is 9.59 Å². The Labute approximate surface area is 177 Å². The summed E-state index contributed by atoms with van der Waals surface area (Å²) in [6, 6.07) is 0. The zero-order valence-electron chi connectivity index (χ0n) is 18.8. The van der Waals surface area contributed by atoms with Crippen molar-refractivity contribution in [2.45, 2.75) is 110 Å². The van der Waals surface area contributed by atoms with Crippen LogP contribution in [0.4, 0.5) is 0 Å². The molecule has 162 valence electrons. The summed E-state index contributed by atoms with van der Waals surface area (Å²) in [5.74, 6) is 2.48. The van der Waals surface area contributed by atoms with Crippen molar-refractivity contribution in [3.8, 4) is 0 Å². The number of ketones is 1. The van der Waals surface area contributed by atoms with Crippen LogP contribution in [-0.2, 0) is 14.3 Å². The molecule has 0 aliphatic heterocycles. The Morgan fingerprint density at radius 1 is 1.03 bits per heavy atom. The van der Waals surface area contributed by atoms with Gasteiger partial charge in [-0.25, -0.2) is 0 Å². The van der Waals surface area contributed by atoms with Crippen LogP contribution in [0, 0.1) is 28.6 Å². The van der Waals surface area contributed by atoms with E-state index in [4.69, 9.17) is 4.74 Å². The molecule has 0 saturated heterocycles. The van der Waals surface area contributed by atoms with Gasteiger partial charge in [0.25, 0.3) is 0 Å². The van der Waals surface area contributed by atoms with Gasteiger partial charge in [-0.2, -0.15) is 0 Å². The van der Waals surface area contributed by atoms with E-state index in [2.05, 4.69) is 20.8 Å². The van der Waals surface area contributed by atoms with E-state index in [-0.39, 0.29) is 22.9 Å². The predicted octanol–water partition coefficient (Wildman–Crippen LogP) is 6.40. The second-order valence-electron chi connectivity index (χ2n) is 10.9. The van der Waals surface area contributed by atoms with Gasteiger partial charge in [0.1, 0.15) is 6.10 Å². The van der Waals surface area contributed by atoms with Crippen molar-refractivity contribution in [1.29, 1.82) is 0 Å². The highest BCUT2D eigenvalue weighted by Crippen LogP contribution is 2.65. The van der Waals surface area contributed by atoms with Crippen LogP contribution in [0.2, 0.25) is 0 Å². The molecule has 0 heterocycles. The molecule has 3 nitrogen and oxygen atoms in total. The summed E-state index contributed by atoms with van der Waals surface area (Å²) in [6.07, 6.45) is 15.9. The van der Waals surface area contributed by atoms with E-state index in [0.29, 0.717) is 24.0 Å². The predicted molar refractivity (Wildman–Crippen MR) is 115 cm³/mol. The largest absolute Gasteiger partial charge is 0.462 e. The molecule has 4 aliphatic rings. The smallest absolute Gasteiger partial charge is 0.306 e. The topological polar surface area (TPSA) is 43.4 Å². The van der Waals surface area contributed by atoms with Gasteiger partial charge in [0.2, 0.25) is 0 Å². The lowest BCUT2D eigenvalue weighted by Gasteiger charge is -2.57. The van der Waals surface area contributed by atoms with Crippen LogP contribution >= 0.6 is 0 Å². The highest BCUT2D eigenvalue weighted by molar-refractivity contribution is 5.91. The van der Waals surface area contributed by atoms with Crippen molar-refractivity contribution in [2.75, 3.05) is 0 Å². The monoisotopic (exact) mass is 400 g/mol. The number of hydrogen-bond acceptors (Lipinski definition) is 3. The van der Waals surface area contributed by atoms with Crippen molar-refractivity contribution in [3.63, 3.8) is 0 Å². The fourth-order valence-electron chi connectivity index (χ4n) is 7.62. The highest BCUT2D eigenvalue weighted by Gasteiger charge is 2.59. The number of allylic oxidation sites excluding steroid dienone is 1. The average molecular weight is 401 g/mol. The van der Waals surface area contributed by atoms with Crippen molar-refractivity contribution >= 4 is 11.8 Å². The zero-order chi connectivity index (χ0) is 20.6. The molecule has 4 aliphatic carbocycles. The number of carbonyl (C=O) groups is 2. The van der Waals surface area contributed by atoms with E-state index in [1.54, 1.807) is 0 Å². The summed E-state index contributed by atoms with van der Waals surface area (Å²) in [7, 11) is 0. The minimum absolute atomic E-state index is 0.0294. The number of carbonyl (C=O) groups excluding carboxylic acids is 2. The fourth-order valence-corrected chi connectivity index (χ4v) is 7.62. The Morgan fingerprint density at radius 2 is 1.86 bits per heavy atom. The molecule has 3 heteroatoms. The maximum Gasteiger partial charge on any atom is 0.306 e.